The van der Waals surface area contributed by atoms with E-state index in [9.17, 15) is 9.46 Å². The molecule has 1 saturated heterocycles. The van der Waals surface area contributed by atoms with E-state index in [0.717, 1.165) is 5.69 Å². The van der Waals surface area contributed by atoms with Crippen molar-refractivity contribution in [1.29, 1.82) is 0 Å². The lowest BCUT2D eigenvalue weighted by Gasteiger charge is -2.22. The molecule has 8 heteroatoms. The predicted octanol–water partition coefficient (Wildman–Crippen LogP) is 2.20. The van der Waals surface area contributed by atoms with Gasteiger partial charge in [-0.2, -0.15) is 0 Å². The van der Waals surface area contributed by atoms with Gasteiger partial charge in [0.25, 0.3) is 0 Å². The van der Waals surface area contributed by atoms with Gasteiger partial charge in [0.15, 0.2) is 0 Å². The molecule has 1 aromatic rings. The molecule has 1 aliphatic heterocycles. The van der Waals surface area contributed by atoms with Gasteiger partial charge in [-0.25, -0.2) is 0 Å². The van der Waals surface area contributed by atoms with E-state index in [1.165, 1.54) is 0 Å². The van der Waals surface area contributed by atoms with Crippen molar-refractivity contribution in [3.63, 3.8) is 0 Å². The average molecular weight is 329 g/mol. The first-order valence-electron chi connectivity index (χ1n) is 5.74. The molecular formula is C11H19Cl2N2O3P. The van der Waals surface area contributed by atoms with E-state index in [1.807, 2.05) is 18.2 Å². The topological polar surface area (TPSA) is 71.5 Å². The van der Waals surface area contributed by atoms with E-state index >= 15 is 0 Å². The van der Waals surface area contributed by atoms with Crippen LogP contribution in [0.1, 0.15) is 18.5 Å². The summed E-state index contributed by atoms with van der Waals surface area (Å²) in [5.74, 6) is -0.0569. The molecule has 3 unspecified atom stereocenters. The lowest BCUT2D eigenvalue weighted by Crippen LogP contribution is -2.20. The molecule has 0 amide bonds. The maximum absolute atomic E-state index is 12.1. The van der Waals surface area contributed by atoms with Gasteiger partial charge in [0.1, 0.15) is 0 Å². The van der Waals surface area contributed by atoms with Gasteiger partial charge in [-0.1, -0.05) is 6.07 Å². The Balaban J connectivity index is 0.00000162. The van der Waals surface area contributed by atoms with Crippen molar-refractivity contribution >= 4 is 32.4 Å². The van der Waals surface area contributed by atoms with Crippen LogP contribution in [0.5, 0.6) is 0 Å². The highest BCUT2D eigenvalue weighted by molar-refractivity contribution is 7.53. The fourth-order valence-electron chi connectivity index (χ4n) is 2.19. The third kappa shape index (κ3) is 4.42. The Bertz CT molecular complexity index is 422. The predicted molar refractivity (Wildman–Crippen MR) is 79.6 cm³/mol. The first kappa shape index (κ1) is 18.8. The van der Waals surface area contributed by atoms with E-state index in [2.05, 4.69) is 10.3 Å². The maximum atomic E-state index is 12.1. The van der Waals surface area contributed by atoms with Crippen molar-refractivity contribution in [2.75, 3.05) is 19.7 Å². The number of hydrogen-bond acceptors (Lipinski definition) is 4. The monoisotopic (exact) mass is 328 g/mol. The van der Waals surface area contributed by atoms with Crippen LogP contribution in [-0.2, 0) is 9.09 Å². The third-order valence-electron chi connectivity index (χ3n) is 2.98. The number of halogens is 2. The molecule has 110 valence electrons. The molecule has 0 bridgehead atoms. The normalized spacial score (nSPS) is 24.9. The summed E-state index contributed by atoms with van der Waals surface area (Å²) in [6.07, 6.45) is 1.70. The number of pyridine rings is 1. The summed E-state index contributed by atoms with van der Waals surface area (Å²) in [6, 6.07) is 5.61. The van der Waals surface area contributed by atoms with Crippen LogP contribution in [0.25, 0.3) is 0 Å². The van der Waals surface area contributed by atoms with E-state index in [-0.39, 0.29) is 37.3 Å². The summed E-state index contributed by atoms with van der Waals surface area (Å²) in [7, 11) is -3.56. The molecule has 0 spiro atoms. The zero-order valence-electron chi connectivity index (χ0n) is 10.6. The van der Waals surface area contributed by atoms with Crippen LogP contribution in [0.3, 0.4) is 0 Å². The van der Waals surface area contributed by atoms with Gasteiger partial charge in [0.2, 0.25) is 0 Å². The first-order valence-corrected chi connectivity index (χ1v) is 7.38. The van der Waals surface area contributed by atoms with Crippen LogP contribution >= 0.6 is 32.4 Å². The van der Waals surface area contributed by atoms with Crippen LogP contribution in [-0.4, -0.2) is 35.2 Å². The second kappa shape index (κ2) is 8.20. The molecule has 0 saturated carbocycles. The van der Waals surface area contributed by atoms with Crippen molar-refractivity contribution in [2.45, 2.75) is 18.5 Å². The Labute approximate surface area is 125 Å². The van der Waals surface area contributed by atoms with Crippen molar-refractivity contribution in [2.24, 2.45) is 0 Å². The number of aromatic nitrogens is 1. The summed E-state index contributed by atoms with van der Waals surface area (Å²) in [6.45, 7) is 3.13. The van der Waals surface area contributed by atoms with Gasteiger partial charge in [-0.3, -0.25) is 9.55 Å². The highest BCUT2D eigenvalue weighted by Crippen LogP contribution is 2.53. The van der Waals surface area contributed by atoms with Gasteiger partial charge < -0.3 is 14.7 Å². The molecule has 0 radical (unpaired) electrons. The Kier molecular flexibility index (Phi) is 8.13. The molecule has 1 aliphatic rings. The van der Waals surface area contributed by atoms with Crippen molar-refractivity contribution in [3.05, 3.63) is 30.1 Å². The summed E-state index contributed by atoms with van der Waals surface area (Å²) < 4.78 is 17.1. The van der Waals surface area contributed by atoms with Gasteiger partial charge in [0.05, 0.1) is 12.3 Å². The number of hydrogen-bond donors (Lipinski definition) is 2. The minimum atomic E-state index is -3.56. The van der Waals surface area contributed by atoms with Crippen LogP contribution < -0.4 is 5.32 Å². The van der Waals surface area contributed by atoms with Crippen molar-refractivity contribution in [3.8, 4) is 0 Å². The molecule has 0 aliphatic carbocycles. The second-order valence-electron chi connectivity index (χ2n) is 4.07. The first-order chi connectivity index (χ1) is 8.15. The smallest absolute Gasteiger partial charge is 0.324 e. The zero-order valence-corrected chi connectivity index (χ0v) is 13.1. The summed E-state index contributed by atoms with van der Waals surface area (Å²) in [4.78, 5) is 14.2. The molecule has 0 aromatic carbocycles. The maximum Gasteiger partial charge on any atom is 0.333 e. The molecule has 1 aromatic heterocycles. The molecular weight excluding hydrogens is 310 g/mol. The molecule has 5 nitrogen and oxygen atoms in total. The van der Waals surface area contributed by atoms with Crippen LogP contribution in [0.2, 0.25) is 0 Å². The van der Waals surface area contributed by atoms with Gasteiger partial charge in [-0.15, -0.1) is 24.8 Å². The average Bonchev–Trinajstić information content (AvgIpc) is 2.79. The van der Waals surface area contributed by atoms with Gasteiger partial charge in [0, 0.05) is 30.9 Å². The molecule has 2 rings (SSSR count). The van der Waals surface area contributed by atoms with Gasteiger partial charge in [-0.05, 0) is 19.1 Å². The van der Waals surface area contributed by atoms with E-state index in [1.54, 1.807) is 13.1 Å². The molecule has 19 heavy (non-hydrogen) atoms. The number of rotatable bonds is 4. The number of nitrogens with zero attached hydrogens (tertiary/aromatic N) is 1. The zero-order chi connectivity index (χ0) is 12.3. The van der Waals surface area contributed by atoms with Crippen LogP contribution in [0, 0.1) is 0 Å². The standard InChI is InChI=1S/C11H17N2O3P.2ClH/c1-2-16-17(14,15)11-8-12-7-9(11)10-5-3-4-6-13-10;;/h3-6,9,11-12H,2,7-8H2,1H3,(H,14,15);2*1H. The lowest BCUT2D eigenvalue weighted by atomic mass is 10.0. The van der Waals surface area contributed by atoms with Gasteiger partial charge >= 0.3 is 7.60 Å². The largest absolute Gasteiger partial charge is 0.333 e. The minimum absolute atomic E-state index is 0. The lowest BCUT2D eigenvalue weighted by molar-refractivity contribution is 0.263. The van der Waals surface area contributed by atoms with Crippen molar-refractivity contribution in [1.82, 2.24) is 10.3 Å². The van der Waals surface area contributed by atoms with E-state index < -0.39 is 13.3 Å². The number of nitrogens with one attached hydrogen (secondary N) is 1. The second-order valence-corrected chi connectivity index (χ2v) is 6.12. The highest BCUT2D eigenvalue weighted by atomic mass is 35.5. The summed E-state index contributed by atoms with van der Waals surface area (Å²) >= 11 is 0. The third-order valence-corrected chi connectivity index (χ3v) is 4.99. The summed E-state index contributed by atoms with van der Waals surface area (Å²) in [5.41, 5.74) is 0.439. The Morgan fingerprint density at radius 1 is 1.47 bits per heavy atom. The highest BCUT2D eigenvalue weighted by Gasteiger charge is 2.42. The fraction of sp³-hybridized carbons (Fsp3) is 0.545. The molecule has 3 atom stereocenters. The Morgan fingerprint density at radius 2 is 2.21 bits per heavy atom. The van der Waals surface area contributed by atoms with E-state index in [0.29, 0.717) is 13.1 Å². The van der Waals surface area contributed by atoms with Crippen LogP contribution in [0.15, 0.2) is 24.4 Å². The Hall–Kier alpha value is -0.160. The SMILES string of the molecule is CCOP(=O)(O)C1CNCC1c1ccccn1.Cl.Cl. The quantitative estimate of drug-likeness (QED) is 0.829. The Morgan fingerprint density at radius 3 is 2.79 bits per heavy atom. The summed E-state index contributed by atoms with van der Waals surface area (Å²) in [5, 5.41) is 3.13. The molecule has 2 N–H and O–H groups in total. The van der Waals surface area contributed by atoms with Crippen LogP contribution in [0.4, 0.5) is 0 Å². The minimum Gasteiger partial charge on any atom is -0.324 e. The fourth-order valence-corrected chi connectivity index (χ4v) is 3.82. The molecule has 1 fully saturated rings. The van der Waals surface area contributed by atoms with E-state index in [4.69, 9.17) is 4.52 Å². The van der Waals surface area contributed by atoms with Crippen molar-refractivity contribution < 1.29 is 14.0 Å². The molecule has 2 heterocycles.